The maximum Gasteiger partial charge on any atom is 0.291 e. The van der Waals surface area contributed by atoms with Gasteiger partial charge in [0.25, 0.3) is 5.91 Å². The Morgan fingerprint density at radius 3 is 2.68 bits per heavy atom. The second-order valence-corrected chi connectivity index (χ2v) is 6.26. The zero-order chi connectivity index (χ0) is 17.1. The summed E-state index contributed by atoms with van der Waals surface area (Å²) in [4.78, 5) is 12.0. The summed E-state index contributed by atoms with van der Waals surface area (Å²) in [5, 5.41) is 11.6. The predicted octanol–water partition coefficient (Wildman–Crippen LogP) is 3.91. The van der Waals surface area contributed by atoms with Crippen LogP contribution in [0.25, 0.3) is 11.4 Å². The number of hydrogen-bond donors (Lipinski definition) is 1. The number of amides is 1. The van der Waals surface area contributed by atoms with Crippen molar-refractivity contribution in [1.29, 1.82) is 0 Å². The van der Waals surface area contributed by atoms with Crippen LogP contribution in [0.2, 0.25) is 0 Å². The van der Waals surface area contributed by atoms with Crippen LogP contribution in [0.4, 0.5) is 5.69 Å². The Hall–Kier alpha value is -2.89. The van der Waals surface area contributed by atoms with Crippen LogP contribution in [0, 0.1) is 0 Å². The van der Waals surface area contributed by atoms with Crippen molar-refractivity contribution in [2.75, 3.05) is 5.32 Å². The van der Waals surface area contributed by atoms with Gasteiger partial charge >= 0.3 is 0 Å². The van der Waals surface area contributed by atoms with E-state index in [1.165, 1.54) is 25.5 Å². The molecule has 0 unspecified atom stereocenters. The first-order valence-electron chi connectivity index (χ1n) is 8.68. The molecule has 25 heavy (non-hydrogen) atoms. The molecule has 0 atom stereocenters. The number of benzene rings is 1. The van der Waals surface area contributed by atoms with E-state index in [9.17, 15) is 4.79 Å². The summed E-state index contributed by atoms with van der Waals surface area (Å²) < 4.78 is 7.33. The number of carbonyl (C=O) groups excluding carboxylic acids is 1. The monoisotopic (exact) mass is 336 g/mol. The zero-order valence-electron chi connectivity index (χ0n) is 13.9. The fourth-order valence-corrected chi connectivity index (χ4v) is 3.18. The van der Waals surface area contributed by atoms with Crippen molar-refractivity contribution in [3.05, 3.63) is 54.2 Å². The lowest BCUT2D eigenvalue weighted by molar-refractivity contribution is 0.0996. The molecule has 0 saturated carbocycles. The van der Waals surface area contributed by atoms with Crippen molar-refractivity contribution in [1.82, 2.24) is 14.8 Å². The van der Waals surface area contributed by atoms with Gasteiger partial charge < -0.3 is 14.3 Å². The zero-order valence-corrected chi connectivity index (χ0v) is 13.9. The van der Waals surface area contributed by atoms with Crippen LogP contribution in [-0.2, 0) is 13.0 Å². The van der Waals surface area contributed by atoms with Crippen molar-refractivity contribution < 1.29 is 9.21 Å². The summed E-state index contributed by atoms with van der Waals surface area (Å²) in [5.74, 6) is 2.01. The van der Waals surface area contributed by atoms with E-state index in [0.717, 1.165) is 42.3 Å². The van der Waals surface area contributed by atoms with Crippen LogP contribution < -0.4 is 5.32 Å². The fourth-order valence-electron chi connectivity index (χ4n) is 3.18. The van der Waals surface area contributed by atoms with E-state index in [1.807, 2.05) is 24.3 Å². The maximum atomic E-state index is 12.0. The van der Waals surface area contributed by atoms with Gasteiger partial charge in [0.2, 0.25) is 0 Å². The molecule has 6 nitrogen and oxygen atoms in total. The van der Waals surface area contributed by atoms with Gasteiger partial charge in [-0.3, -0.25) is 4.79 Å². The molecule has 3 heterocycles. The van der Waals surface area contributed by atoms with Gasteiger partial charge in [0, 0.05) is 24.2 Å². The van der Waals surface area contributed by atoms with Crippen molar-refractivity contribution >= 4 is 11.6 Å². The molecule has 3 aromatic rings. The molecule has 1 aliphatic heterocycles. The molecule has 4 rings (SSSR count). The Bertz CT molecular complexity index is 850. The number of nitrogens with one attached hydrogen (secondary N) is 1. The van der Waals surface area contributed by atoms with E-state index in [4.69, 9.17) is 4.42 Å². The second kappa shape index (κ2) is 6.93. The Balaban J connectivity index is 1.53. The van der Waals surface area contributed by atoms with Crippen LogP contribution in [0.1, 0.15) is 42.1 Å². The minimum atomic E-state index is -0.259. The third kappa shape index (κ3) is 3.33. The molecule has 1 N–H and O–H groups in total. The molecule has 0 spiro atoms. The largest absolute Gasteiger partial charge is 0.459 e. The van der Waals surface area contributed by atoms with Crippen LogP contribution in [0.5, 0.6) is 0 Å². The van der Waals surface area contributed by atoms with Crippen molar-refractivity contribution in [3.63, 3.8) is 0 Å². The van der Waals surface area contributed by atoms with Crippen LogP contribution in [0.3, 0.4) is 0 Å². The maximum absolute atomic E-state index is 12.0. The summed E-state index contributed by atoms with van der Waals surface area (Å²) >= 11 is 0. The van der Waals surface area contributed by atoms with E-state index in [0.29, 0.717) is 5.76 Å². The number of aromatic nitrogens is 3. The highest BCUT2D eigenvalue weighted by Gasteiger charge is 2.15. The van der Waals surface area contributed by atoms with Crippen molar-refractivity contribution in [2.24, 2.45) is 0 Å². The van der Waals surface area contributed by atoms with Crippen molar-refractivity contribution in [3.8, 4) is 11.4 Å². The number of rotatable bonds is 3. The first kappa shape index (κ1) is 15.6. The van der Waals surface area contributed by atoms with Crippen LogP contribution >= 0.6 is 0 Å². The lowest BCUT2D eigenvalue weighted by Gasteiger charge is -2.13. The van der Waals surface area contributed by atoms with Gasteiger partial charge in [-0.2, -0.15) is 0 Å². The van der Waals surface area contributed by atoms with E-state index in [2.05, 4.69) is 20.1 Å². The summed E-state index contributed by atoms with van der Waals surface area (Å²) in [5.41, 5.74) is 1.73. The van der Waals surface area contributed by atoms with Crippen LogP contribution in [-0.4, -0.2) is 20.7 Å². The van der Waals surface area contributed by atoms with Crippen LogP contribution in [0.15, 0.2) is 47.1 Å². The predicted molar refractivity (Wildman–Crippen MR) is 94.3 cm³/mol. The molecule has 0 saturated heterocycles. The summed E-state index contributed by atoms with van der Waals surface area (Å²) in [6.45, 7) is 0.967. The van der Waals surface area contributed by atoms with Crippen molar-refractivity contribution in [2.45, 2.75) is 38.6 Å². The fraction of sp³-hybridized carbons (Fsp3) is 0.316. The van der Waals surface area contributed by atoms with Gasteiger partial charge in [0.05, 0.1) is 6.26 Å². The van der Waals surface area contributed by atoms with Gasteiger partial charge in [-0.05, 0) is 49.2 Å². The normalized spacial score (nSPS) is 14.4. The molecule has 0 fully saturated rings. The topological polar surface area (TPSA) is 73.0 Å². The number of aryl methyl sites for hydroxylation is 1. The van der Waals surface area contributed by atoms with E-state index in [1.54, 1.807) is 12.1 Å². The Morgan fingerprint density at radius 2 is 1.88 bits per heavy atom. The number of anilines is 1. The molecular formula is C19H20N4O2. The molecule has 1 amide bonds. The minimum absolute atomic E-state index is 0.259. The number of fused-ring (bicyclic) bond motifs is 1. The molecule has 0 radical (unpaired) electrons. The molecule has 128 valence electrons. The summed E-state index contributed by atoms with van der Waals surface area (Å²) in [7, 11) is 0. The Kier molecular flexibility index (Phi) is 4.33. The first-order chi connectivity index (χ1) is 12.3. The number of furan rings is 1. The van der Waals surface area contributed by atoms with Gasteiger partial charge in [-0.15, -0.1) is 10.2 Å². The third-order valence-corrected chi connectivity index (χ3v) is 4.51. The summed E-state index contributed by atoms with van der Waals surface area (Å²) in [6, 6.07) is 11.0. The Morgan fingerprint density at radius 1 is 1.04 bits per heavy atom. The molecule has 0 aliphatic carbocycles. The van der Waals surface area contributed by atoms with Gasteiger partial charge in [0.15, 0.2) is 11.6 Å². The van der Waals surface area contributed by atoms with Gasteiger partial charge in [-0.1, -0.05) is 12.8 Å². The third-order valence-electron chi connectivity index (χ3n) is 4.51. The van der Waals surface area contributed by atoms with Gasteiger partial charge in [0.1, 0.15) is 5.82 Å². The molecular weight excluding hydrogens is 316 g/mol. The smallest absolute Gasteiger partial charge is 0.291 e. The highest BCUT2D eigenvalue weighted by molar-refractivity contribution is 6.02. The lowest BCUT2D eigenvalue weighted by Crippen LogP contribution is -2.11. The average Bonchev–Trinajstić information content (AvgIpc) is 3.25. The van der Waals surface area contributed by atoms with E-state index >= 15 is 0 Å². The number of nitrogens with zero attached hydrogens (tertiary/aromatic N) is 3. The Labute approximate surface area is 145 Å². The minimum Gasteiger partial charge on any atom is -0.459 e. The SMILES string of the molecule is O=C(Nc1ccc(-c2nnc3n2CCCCCC3)cc1)c1ccco1. The number of carbonyl (C=O) groups is 1. The highest BCUT2D eigenvalue weighted by Crippen LogP contribution is 2.24. The molecule has 6 heteroatoms. The highest BCUT2D eigenvalue weighted by atomic mass is 16.3. The molecule has 1 aliphatic rings. The molecule has 2 aromatic heterocycles. The number of hydrogen-bond acceptors (Lipinski definition) is 4. The molecule has 0 bridgehead atoms. The quantitative estimate of drug-likeness (QED) is 0.787. The standard InChI is InChI=1S/C19H20N4O2/c24-19(16-6-5-13-25-16)20-15-10-8-14(9-11-15)18-22-21-17-7-3-1-2-4-12-23(17)18/h5-6,8-11,13H,1-4,7,12H2,(H,20,24). The second-order valence-electron chi connectivity index (χ2n) is 6.26. The van der Waals surface area contributed by atoms with Gasteiger partial charge in [-0.25, -0.2) is 0 Å². The van der Waals surface area contributed by atoms with E-state index in [-0.39, 0.29) is 5.91 Å². The average molecular weight is 336 g/mol. The first-order valence-corrected chi connectivity index (χ1v) is 8.68. The summed E-state index contributed by atoms with van der Waals surface area (Å²) in [6.07, 6.45) is 7.34. The van der Waals surface area contributed by atoms with E-state index < -0.39 is 0 Å². The lowest BCUT2D eigenvalue weighted by atomic mass is 10.1. The molecule has 1 aromatic carbocycles.